The molecule has 9 nitrogen and oxygen atoms in total. The van der Waals surface area contributed by atoms with Gasteiger partial charge in [0.15, 0.2) is 11.2 Å². The second kappa shape index (κ2) is 7.64. The van der Waals surface area contributed by atoms with Crippen LogP contribution in [0.3, 0.4) is 0 Å². The number of halogens is 1. The Labute approximate surface area is 177 Å². The van der Waals surface area contributed by atoms with E-state index in [2.05, 4.69) is 4.98 Å². The van der Waals surface area contributed by atoms with Crippen LogP contribution in [0.1, 0.15) is 18.9 Å². The number of aryl methyl sites for hydroxylation is 3. The fraction of sp³-hybridized carbons (Fsp3) is 0.400. The van der Waals surface area contributed by atoms with Gasteiger partial charge in [-0.25, -0.2) is 9.36 Å². The van der Waals surface area contributed by atoms with E-state index in [1.807, 2.05) is 34.6 Å². The first-order valence-corrected chi connectivity index (χ1v) is 10.1. The van der Waals surface area contributed by atoms with Crippen LogP contribution in [0.2, 0.25) is 5.02 Å². The Morgan fingerprint density at radius 2 is 2.03 bits per heavy atom. The highest BCUT2D eigenvalue weighted by Gasteiger charge is 2.28. The summed E-state index contributed by atoms with van der Waals surface area (Å²) in [5.74, 6) is -0.0618. The lowest BCUT2D eigenvalue weighted by Crippen LogP contribution is -2.41. The molecule has 10 heteroatoms. The topological polar surface area (TPSA) is 91.4 Å². The number of fused-ring (bicyclic) bond motifs is 3. The van der Waals surface area contributed by atoms with Crippen LogP contribution >= 0.6 is 11.6 Å². The summed E-state index contributed by atoms with van der Waals surface area (Å²) in [7, 11) is 1.54. The number of nitrogens with zero attached hydrogens (tertiary/aromatic N) is 5. The lowest BCUT2D eigenvalue weighted by Gasteiger charge is -2.30. The third-order valence-electron chi connectivity index (χ3n) is 5.27. The Kier molecular flexibility index (Phi) is 5.15. The van der Waals surface area contributed by atoms with Crippen LogP contribution in [0.15, 0.2) is 27.8 Å². The number of benzene rings is 1. The van der Waals surface area contributed by atoms with Crippen molar-refractivity contribution in [2.24, 2.45) is 7.05 Å². The molecule has 4 rings (SSSR count). The van der Waals surface area contributed by atoms with E-state index in [-0.39, 0.29) is 12.3 Å². The first-order valence-electron chi connectivity index (χ1n) is 9.72. The van der Waals surface area contributed by atoms with Gasteiger partial charge in [0.25, 0.3) is 5.56 Å². The van der Waals surface area contributed by atoms with Crippen molar-refractivity contribution >= 4 is 40.4 Å². The van der Waals surface area contributed by atoms with Crippen LogP contribution in [0.4, 0.5) is 11.6 Å². The van der Waals surface area contributed by atoms with Gasteiger partial charge in [-0.3, -0.25) is 14.2 Å². The van der Waals surface area contributed by atoms with Crippen molar-refractivity contribution in [1.82, 2.24) is 18.7 Å². The Morgan fingerprint density at radius 3 is 2.77 bits per heavy atom. The fourth-order valence-electron chi connectivity index (χ4n) is 3.84. The van der Waals surface area contributed by atoms with Gasteiger partial charge in [0.2, 0.25) is 5.95 Å². The van der Waals surface area contributed by atoms with Gasteiger partial charge in [0.05, 0.1) is 6.61 Å². The number of hydrogen-bond donors (Lipinski definition) is 0. The quantitative estimate of drug-likeness (QED) is 0.586. The fourth-order valence-corrected chi connectivity index (χ4v) is 4.01. The van der Waals surface area contributed by atoms with E-state index in [0.717, 1.165) is 22.2 Å². The molecule has 1 aliphatic rings. The van der Waals surface area contributed by atoms with Crippen molar-refractivity contribution in [3.8, 4) is 0 Å². The average molecular weight is 432 g/mol. The maximum atomic E-state index is 13.2. The van der Waals surface area contributed by atoms with Crippen LogP contribution in [-0.2, 0) is 29.7 Å². The first-order chi connectivity index (χ1) is 14.3. The predicted molar refractivity (Wildman–Crippen MR) is 114 cm³/mol. The molecule has 0 atom stereocenters. The minimum atomic E-state index is -0.634. The molecule has 3 heterocycles. The highest BCUT2D eigenvalue weighted by atomic mass is 35.5. The molecule has 30 heavy (non-hydrogen) atoms. The molecule has 0 aliphatic carbocycles. The number of carbonyl (C=O) groups excluding carboxylic acids is 1. The zero-order chi connectivity index (χ0) is 21.6. The second-order valence-corrected chi connectivity index (χ2v) is 7.65. The second-order valence-electron chi connectivity index (χ2n) is 7.21. The monoisotopic (exact) mass is 431 g/mol. The maximum absolute atomic E-state index is 13.2. The molecule has 158 valence electrons. The van der Waals surface area contributed by atoms with E-state index in [0.29, 0.717) is 29.6 Å². The zero-order valence-electron chi connectivity index (χ0n) is 17.0. The third kappa shape index (κ3) is 3.19. The van der Waals surface area contributed by atoms with Gasteiger partial charge >= 0.3 is 11.7 Å². The number of esters is 1. The molecule has 0 saturated carbocycles. The van der Waals surface area contributed by atoms with Crippen LogP contribution in [0.25, 0.3) is 11.2 Å². The molecule has 1 aliphatic heterocycles. The molecule has 0 saturated heterocycles. The zero-order valence-corrected chi connectivity index (χ0v) is 17.8. The predicted octanol–water partition coefficient (Wildman–Crippen LogP) is 1.96. The Balaban J connectivity index is 1.93. The summed E-state index contributed by atoms with van der Waals surface area (Å²) in [4.78, 5) is 44.5. The molecule has 0 fully saturated rings. The van der Waals surface area contributed by atoms with Crippen LogP contribution in [0.5, 0.6) is 0 Å². The van der Waals surface area contributed by atoms with Gasteiger partial charge in [0, 0.05) is 30.8 Å². The number of anilines is 2. The van der Waals surface area contributed by atoms with E-state index in [1.165, 1.54) is 4.57 Å². The minimum Gasteiger partial charge on any atom is -0.465 e. The summed E-state index contributed by atoms with van der Waals surface area (Å²) in [6.07, 6.45) is 0.782. The Morgan fingerprint density at radius 1 is 1.27 bits per heavy atom. The summed E-state index contributed by atoms with van der Waals surface area (Å²) in [5.41, 5.74) is 1.34. The molecule has 0 N–H and O–H groups in total. The summed E-state index contributed by atoms with van der Waals surface area (Å²) >= 11 is 6.21. The molecule has 0 spiro atoms. The Bertz CT molecular complexity index is 1270. The van der Waals surface area contributed by atoms with E-state index >= 15 is 0 Å². The highest BCUT2D eigenvalue weighted by molar-refractivity contribution is 6.30. The van der Waals surface area contributed by atoms with Crippen LogP contribution in [-0.4, -0.2) is 37.8 Å². The van der Waals surface area contributed by atoms with Crippen molar-refractivity contribution in [2.75, 3.05) is 18.1 Å². The molecular weight excluding hydrogens is 410 g/mol. The molecule has 1 aromatic carbocycles. The summed E-state index contributed by atoms with van der Waals surface area (Å²) in [5, 5.41) is 0.605. The van der Waals surface area contributed by atoms with E-state index in [4.69, 9.17) is 16.3 Å². The minimum absolute atomic E-state index is 0.173. The Hall–Kier alpha value is -3.07. The van der Waals surface area contributed by atoms with E-state index < -0.39 is 23.8 Å². The summed E-state index contributed by atoms with van der Waals surface area (Å²) in [6, 6.07) is 5.62. The molecule has 3 aromatic rings. The first kappa shape index (κ1) is 20.2. The molecule has 0 bridgehead atoms. The SMILES string of the molecule is CCOC(=O)Cn1c(=O)c2c(nc3n2CCCN3c2cc(Cl)ccc2C)n(C)c1=O. The normalized spacial score (nSPS) is 13.5. The van der Waals surface area contributed by atoms with Gasteiger partial charge in [-0.1, -0.05) is 17.7 Å². The van der Waals surface area contributed by atoms with Crippen molar-refractivity contribution in [3.63, 3.8) is 0 Å². The molecule has 0 amide bonds. The van der Waals surface area contributed by atoms with Crippen molar-refractivity contribution in [3.05, 3.63) is 49.6 Å². The lowest BCUT2D eigenvalue weighted by atomic mass is 10.1. The molecule has 0 radical (unpaired) electrons. The van der Waals surface area contributed by atoms with Gasteiger partial charge in [-0.2, -0.15) is 4.98 Å². The molecular formula is C20H22ClN5O4. The van der Waals surface area contributed by atoms with Crippen molar-refractivity contribution in [2.45, 2.75) is 33.4 Å². The van der Waals surface area contributed by atoms with Gasteiger partial charge in [-0.05, 0) is 38.0 Å². The molecule has 0 unspecified atom stereocenters. The number of hydrogen-bond acceptors (Lipinski definition) is 6. The summed E-state index contributed by atoms with van der Waals surface area (Å²) in [6.45, 7) is 4.67. The summed E-state index contributed by atoms with van der Waals surface area (Å²) < 4.78 is 8.92. The van der Waals surface area contributed by atoms with E-state index in [1.54, 1.807) is 14.0 Å². The smallest absolute Gasteiger partial charge is 0.333 e. The van der Waals surface area contributed by atoms with E-state index in [9.17, 15) is 14.4 Å². The lowest BCUT2D eigenvalue weighted by molar-refractivity contribution is -0.143. The number of rotatable bonds is 4. The molecule has 2 aromatic heterocycles. The largest absolute Gasteiger partial charge is 0.465 e. The number of ether oxygens (including phenoxy) is 1. The van der Waals surface area contributed by atoms with Crippen molar-refractivity contribution in [1.29, 1.82) is 0 Å². The van der Waals surface area contributed by atoms with Gasteiger partial charge in [-0.15, -0.1) is 0 Å². The maximum Gasteiger partial charge on any atom is 0.333 e. The number of aromatic nitrogens is 4. The third-order valence-corrected chi connectivity index (χ3v) is 5.51. The van der Waals surface area contributed by atoms with Crippen LogP contribution in [0, 0.1) is 6.92 Å². The number of imidazole rings is 1. The van der Waals surface area contributed by atoms with Gasteiger partial charge < -0.3 is 14.2 Å². The highest BCUT2D eigenvalue weighted by Crippen LogP contribution is 2.34. The number of carbonyl (C=O) groups is 1. The standard InChI is InChI=1S/C20H22ClN5O4/c1-4-30-15(27)11-26-18(28)16-17(23(3)20(26)29)22-19-24(8-5-9-25(16)19)14-10-13(21)7-6-12(14)2/h6-7,10H,4-5,8-9,11H2,1-3H3. The van der Waals surface area contributed by atoms with Gasteiger partial charge in [0.1, 0.15) is 6.54 Å². The van der Waals surface area contributed by atoms with Crippen molar-refractivity contribution < 1.29 is 9.53 Å². The van der Waals surface area contributed by atoms with Crippen LogP contribution < -0.4 is 16.1 Å². The average Bonchev–Trinajstić information content (AvgIpc) is 3.11.